The van der Waals surface area contributed by atoms with Crippen molar-refractivity contribution in [2.75, 3.05) is 0 Å². The summed E-state index contributed by atoms with van der Waals surface area (Å²) in [6, 6.07) is 5.25. The minimum atomic E-state index is -1.39. The van der Waals surface area contributed by atoms with Gasteiger partial charge in [0.1, 0.15) is 11.9 Å². The van der Waals surface area contributed by atoms with E-state index in [1.807, 2.05) is 0 Å². The third-order valence-corrected chi connectivity index (χ3v) is 5.34. The van der Waals surface area contributed by atoms with Gasteiger partial charge in [0.2, 0.25) is 5.79 Å². The zero-order valence-electron chi connectivity index (χ0n) is 16.4. The molecule has 1 aliphatic carbocycles. The van der Waals surface area contributed by atoms with Crippen LogP contribution in [0, 0.1) is 11.8 Å². The van der Waals surface area contributed by atoms with E-state index in [4.69, 9.17) is 21.1 Å². The average Bonchev–Trinajstić information content (AvgIpc) is 2.55. The molecule has 0 aliphatic heterocycles. The predicted molar refractivity (Wildman–Crippen MR) is 103 cm³/mol. The minimum Gasteiger partial charge on any atom is -0.462 e. The summed E-state index contributed by atoms with van der Waals surface area (Å²) >= 11 is 6.25. The fourth-order valence-electron chi connectivity index (χ4n) is 3.64. The highest BCUT2D eigenvalue weighted by atomic mass is 35.5. The number of hydrogen-bond acceptors (Lipinski definition) is 4. The molecule has 26 heavy (non-hydrogen) atoms. The molecule has 0 amide bonds. The first-order valence-electron chi connectivity index (χ1n) is 9.50. The maximum Gasteiger partial charge on any atom is 0.313 e. The molecule has 0 radical (unpaired) electrons. The third kappa shape index (κ3) is 5.37. The highest BCUT2D eigenvalue weighted by molar-refractivity contribution is 6.32. The number of hydrogen-bond donors (Lipinski definition) is 1. The summed E-state index contributed by atoms with van der Waals surface area (Å²) in [5, 5.41) is 10.4. The van der Waals surface area contributed by atoms with Gasteiger partial charge < -0.3 is 14.6 Å². The summed E-state index contributed by atoms with van der Waals surface area (Å²) in [6.07, 6.45) is 4.29. The Labute approximate surface area is 161 Å². The molecule has 3 unspecified atom stereocenters. The average molecular weight is 383 g/mol. The van der Waals surface area contributed by atoms with Crippen molar-refractivity contribution in [2.24, 2.45) is 11.8 Å². The minimum absolute atomic E-state index is 0.0310. The number of ether oxygens (including phenoxy) is 2. The lowest BCUT2D eigenvalue weighted by Crippen LogP contribution is -2.34. The van der Waals surface area contributed by atoms with Crippen LogP contribution in [-0.2, 0) is 9.53 Å². The molecule has 1 N–H and O–H groups in total. The van der Waals surface area contributed by atoms with Gasteiger partial charge in [-0.05, 0) is 44.1 Å². The maximum atomic E-state index is 12.8. The predicted octanol–water partition coefficient (Wildman–Crippen LogP) is 5.31. The Morgan fingerprint density at radius 3 is 2.50 bits per heavy atom. The van der Waals surface area contributed by atoms with Gasteiger partial charge in [-0.3, -0.25) is 4.79 Å². The van der Waals surface area contributed by atoms with E-state index in [0.717, 1.165) is 19.3 Å². The Bertz CT molecular complexity index is 621. The molecule has 3 atom stereocenters. The van der Waals surface area contributed by atoms with Crippen LogP contribution in [0.3, 0.4) is 0 Å². The zero-order valence-corrected chi connectivity index (χ0v) is 17.2. The Morgan fingerprint density at radius 1 is 1.23 bits per heavy atom. The van der Waals surface area contributed by atoms with E-state index in [9.17, 15) is 9.90 Å². The summed E-state index contributed by atoms with van der Waals surface area (Å²) < 4.78 is 11.5. The van der Waals surface area contributed by atoms with Crippen LogP contribution in [0.4, 0.5) is 0 Å². The number of para-hydroxylation sites is 1. The van der Waals surface area contributed by atoms with Crippen LogP contribution in [0.5, 0.6) is 5.75 Å². The number of halogens is 1. The van der Waals surface area contributed by atoms with Gasteiger partial charge in [-0.25, -0.2) is 0 Å². The Hall–Kier alpha value is -1.26. The smallest absolute Gasteiger partial charge is 0.313 e. The van der Waals surface area contributed by atoms with Crippen LogP contribution >= 0.6 is 11.6 Å². The van der Waals surface area contributed by atoms with E-state index in [1.54, 1.807) is 25.1 Å². The van der Waals surface area contributed by atoms with Crippen molar-refractivity contribution < 1.29 is 19.4 Å². The van der Waals surface area contributed by atoms with Crippen molar-refractivity contribution in [3.05, 3.63) is 28.8 Å². The quantitative estimate of drug-likeness (QED) is 0.535. The molecule has 4 nitrogen and oxygen atoms in total. The molecule has 1 aromatic carbocycles. The Balaban J connectivity index is 2.19. The Kier molecular flexibility index (Phi) is 6.98. The molecule has 0 saturated heterocycles. The molecule has 2 rings (SSSR count). The molecule has 5 heteroatoms. The number of carbonyl (C=O) groups is 1. The van der Waals surface area contributed by atoms with Gasteiger partial charge >= 0.3 is 5.97 Å². The summed E-state index contributed by atoms with van der Waals surface area (Å²) in [7, 11) is 0. The fourth-order valence-corrected chi connectivity index (χ4v) is 3.86. The van der Waals surface area contributed by atoms with Gasteiger partial charge in [0, 0.05) is 19.4 Å². The summed E-state index contributed by atoms with van der Waals surface area (Å²) in [6.45, 7) is 9.22. The van der Waals surface area contributed by atoms with Crippen molar-refractivity contribution in [1.82, 2.24) is 0 Å². The molecular weight excluding hydrogens is 352 g/mol. The van der Waals surface area contributed by atoms with Crippen LogP contribution < -0.4 is 4.74 Å². The highest BCUT2D eigenvalue weighted by Gasteiger charge is 2.33. The number of esters is 1. The number of aliphatic hydroxyl groups is 1. The summed E-state index contributed by atoms with van der Waals surface area (Å²) in [5.41, 5.74) is 0.626. The standard InChI is InChI=1S/C21H31ClO4/c1-13(2)15-9-6-7-12-18(15)25-20(23)14(3)16-10-8-11-17(22)19(16)26-21(4,5)24/h8,10-11,13-15,18,24H,6-7,9,12H2,1-5H3. The van der Waals surface area contributed by atoms with E-state index < -0.39 is 11.7 Å². The van der Waals surface area contributed by atoms with Gasteiger partial charge in [0.15, 0.2) is 0 Å². The molecule has 1 aliphatic rings. The van der Waals surface area contributed by atoms with Gasteiger partial charge in [0.05, 0.1) is 10.9 Å². The molecule has 1 saturated carbocycles. The van der Waals surface area contributed by atoms with Crippen LogP contribution in [0.1, 0.15) is 71.8 Å². The van der Waals surface area contributed by atoms with E-state index in [0.29, 0.717) is 28.2 Å². The summed E-state index contributed by atoms with van der Waals surface area (Å²) in [4.78, 5) is 12.8. The second-order valence-corrected chi connectivity index (χ2v) is 8.50. The van der Waals surface area contributed by atoms with Crippen LogP contribution in [0.25, 0.3) is 0 Å². The molecule has 146 valence electrons. The van der Waals surface area contributed by atoms with E-state index in [1.165, 1.54) is 20.3 Å². The molecule has 1 fully saturated rings. The van der Waals surface area contributed by atoms with E-state index >= 15 is 0 Å². The van der Waals surface area contributed by atoms with Crippen LogP contribution in [-0.4, -0.2) is 23.0 Å². The molecule has 0 heterocycles. The SMILES string of the molecule is CC(C(=O)OC1CCCCC1C(C)C)c1cccc(Cl)c1OC(C)(C)O. The molecule has 0 spiro atoms. The van der Waals surface area contributed by atoms with Gasteiger partial charge in [-0.15, -0.1) is 0 Å². The van der Waals surface area contributed by atoms with Crippen molar-refractivity contribution in [3.8, 4) is 5.75 Å². The van der Waals surface area contributed by atoms with Crippen molar-refractivity contribution >= 4 is 17.6 Å². The molecule has 0 bridgehead atoms. The maximum absolute atomic E-state index is 12.8. The lowest BCUT2D eigenvalue weighted by Gasteiger charge is -2.34. The molecular formula is C21H31ClO4. The first-order chi connectivity index (χ1) is 12.1. The molecule has 1 aromatic rings. The largest absolute Gasteiger partial charge is 0.462 e. The second kappa shape index (κ2) is 8.62. The van der Waals surface area contributed by atoms with E-state index in [2.05, 4.69) is 13.8 Å². The second-order valence-electron chi connectivity index (χ2n) is 8.10. The normalized spacial score (nSPS) is 22.2. The lowest BCUT2D eigenvalue weighted by molar-refractivity contribution is -0.156. The van der Waals surface area contributed by atoms with Crippen molar-refractivity contribution in [3.63, 3.8) is 0 Å². The first-order valence-corrected chi connectivity index (χ1v) is 9.88. The number of benzene rings is 1. The monoisotopic (exact) mass is 382 g/mol. The third-order valence-electron chi connectivity index (χ3n) is 5.05. The van der Waals surface area contributed by atoms with Gasteiger partial charge in [-0.1, -0.05) is 44.0 Å². The number of carbonyl (C=O) groups excluding carboxylic acids is 1. The van der Waals surface area contributed by atoms with Crippen LogP contribution in [0.2, 0.25) is 5.02 Å². The van der Waals surface area contributed by atoms with Crippen LogP contribution in [0.15, 0.2) is 18.2 Å². The highest BCUT2D eigenvalue weighted by Crippen LogP contribution is 2.38. The topological polar surface area (TPSA) is 55.8 Å². The van der Waals surface area contributed by atoms with Gasteiger partial charge in [-0.2, -0.15) is 0 Å². The lowest BCUT2D eigenvalue weighted by atomic mass is 9.79. The van der Waals surface area contributed by atoms with Crippen molar-refractivity contribution in [2.45, 2.75) is 78.1 Å². The first kappa shape index (κ1) is 21.0. The fraction of sp³-hybridized carbons (Fsp3) is 0.667. The summed E-state index contributed by atoms with van der Waals surface area (Å²) in [5.74, 6) is -0.966. The van der Waals surface area contributed by atoms with E-state index in [-0.39, 0.29) is 12.1 Å². The Morgan fingerprint density at radius 2 is 1.88 bits per heavy atom. The molecule has 0 aromatic heterocycles. The number of rotatable bonds is 6. The van der Waals surface area contributed by atoms with Crippen molar-refractivity contribution in [1.29, 1.82) is 0 Å². The van der Waals surface area contributed by atoms with Gasteiger partial charge in [0.25, 0.3) is 0 Å². The zero-order chi connectivity index (χ0) is 19.5.